The van der Waals surface area contributed by atoms with Crippen LogP contribution in [0.3, 0.4) is 0 Å². The fourth-order valence-corrected chi connectivity index (χ4v) is 4.32. The average Bonchev–Trinajstić information content (AvgIpc) is 3.36. The van der Waals surface area contributed by atoms with Crippen LogP contribution in [0.5, 0.6) is 0 Å². The number of H-pyrrole nitrogens is 1. The quantitative estimate of drug-likeness (QED) is 0.657. The molecule has 0 spiro atoms. The van der Waals surface area contributed by atoms with Gasteiger partial charge in [-0.15, -0.1) is 0 Å². The molecule has 0 aliphatic carbocycles. The molecule has 1 aromatic heterocycles. The third-order valence-corrected chi connectivity index (χ3v) is 5.74. The highest BCUT2D eigenvalue weighted by atomic mass is 16.2. The van der Waals surface area contributed by atoms with Crippen molar-refractivity contribution in [2.75, 3.05) is 23.3 Å². The summed E-state index contributed by atoms with van der Waals surface area (Å²) in [6, 6.07) is 13.7. The lowest BCUT2D eigenvalue weighted by atomic mass is 10.1. The summed E-state index contributed by atoms with van der Waals surface area (Å²) in [6.45, 7) is 1.44. The Morgan fingerprint density at radius 2 is 2.11 bits per heavy atom. The first-order valence-electron chi connectivity index (χ1n) is 9.75. The van der Waals surface area contributed by atoms with E-state index in [0.29, 0.717) is 12.1 Å². The molecule has 1 unspecified atom stereocenters. The van der Waals surface area contributed by atoms with Crippen LogP contribution in [0.4, 0.5) is 11.4 Å². The molecule has 142 valence electrons. The average molecular weight is 374 g/mol. The SMILES string of the molecule is O=C(NCCc1c[nH]c2ccccc12)c1ccc2c(c1)NC(=O)C1CCCN21. The molecule has 5 rings (SSSR count). The number of amides is 2. The summed E-state index contributed by atoms with van der Waals surface area (Å²) < 4.78 is 0. The van der Waals surface area contributed by atoms with Crippen molar-refractivity contribution < 1.29 is 9.59 Å². The Kier molecular flexibility index (Phi) is 4.04. The van der Waals surface area contributed by atoms with E-state index in [2.05, 4.69) is 26.6 Å². The molecule has 28 heavy (non-hydrogen) atoms. The molecule has 2 aromatic carbocycles. The van der Waals surface area contributed by atoms with E-state index in [9.17, 15) is 9.59 Å². The molecule has 3 N–H and O–H groups in total. The van der Waals surface area contributed by atoms with Gasteiger partial charge >= 0.3 is 0 Å². The van der Waals surface area contributed by atoms with Gasteiger partial charge in [0.1, 0.15) is 6.04 Å². The van der Waals surface area contributed by atoms with Crippen LogP contribution in [0.2, 0.25) is 0 Å². The molecule has 2 aliphatic rings. The number of nitrogens with zero attached hydrogens (tertiary/aromatic N) is 1. The molecule has 3 heterocycles. The van der Waals surface area contributed by atoms with Crippen molar-refractivity contribution in [1.29, 1.82) is 0 Å². The van der Waals surface area contributed by atoms with E-state index >= 15 is 0 Å². The lowest BCUT2D eigenvalue weighted by Crippen LogP contribution is -2.44. The lowest BCUT2D eigenvalue weighted by Gasteiger charge is -2.33. The van der Waals surface area contributed by atoms with Gasteiger partial charge in [-0.1, -0.05) is 18.2 Å². The van der Waals surface area contributed by atoms with E-state index in [1.807, 2.05) is 36.5 Å². The number of benzene rings is 2. The largest absolute Gasteiger partial charge is 0.361 e. The summed E-state index contributed by atoms with van der Waals surface area (Å²) in [5.74, 6) is -0.0951. The van der Waals surface area contributed by atoms with Crippen molar-refractivity contribution in [3.8, 4) is 0 Å². The molecule has 1 saturated heterocycles. The fraction of sp³-hybridized carbons (Fsp3) is 0.273. The second kappa shape index (κ2) is 6.71. The number of fused-ring (bicyclic) bond motifs is 4. The summed E-state index contributed by atoms with van der Waals surface area (Å²) in [5.41, 5.74) is 4.60. The zero-order valence-electron chi connectivity index (χ0n) is 15.5. The zero-order valence-corrected chi connectivity index (χ0v) is 15.5. The Balaban J connectivity index is 1.27. The van der Waals surface area contributed by atoms with Gasteiger partial charge in [0.05, 0.1) is 11.4 Å². The van der Waals surface area contributed by atoms with Gasteiger partial charge in [0.25, 0.3) is 5.91 Å². The second-order valence-electron chi connectivity index (χ2n) is 7.44. The van der Waals surface area contributed by atoms with Gasteiger partial charge in [0.15, 0.2) is 0 Å². The molecule has 0 radical (unpaired) electrons. The normalized spacial score (nSPS) is 17.9. The predicted octanol–water partition coefficient (Wildman–Crippen LogP) is 3.06. The Morgan fingerprint density at radius 3 is 3.04 bits per heavy atom. The predicted molar refractivity (Wildman–Crippen MR) is 110 cm³/mol. The van der Waals surface area contributed by atoms with Crippen LogP contribution in [0.25, 0.3) is 10.9 Å². The number of anilines is 2. The Bertz CT molecular complexity index is 1070. The molecule has 6 nitrogen and oxygen atoms in total. The molecule has 3 aromatic rings. The highest BCUT2D eigenvalue weighted by molar-refractivity contribution is 6.06. The number of para-hydroxylation sites is 1. The molecule has 0 bridgehead atoms. The second-order valence-corrected chi connectivity index (χ2v) is 7.44. The van der Waals surface area contributed by atoms with Gasteiger partial charge in [-0.05, 0) is 49.1 Å². The minimum atomic E-state index is -0.125. The third kappa shape index (κ3) is 2.81. The summed E-state index contributed by atoms with van der Waals surface area (Å²) in [5, 5.41) is 7.14. The monoisotopic (exact) mass is 374 g/mol. The van der Waals surface area contributed by atoms with E-state index in [-0.39, 0.29) is 17.9 Å². The summed E-state index contributed by atoms with van der Waals surface area (Å²) in [6.07, 6.45) is 4.67. The number of carbonyl (C=O) groups excluding carboxylic acids is 2. The molecule has 0 saturated carbocycles. The Hall–Kier alpha value is -3.28. The van der Waals surface area contributed by atoms with Crippen LogP contribution in [-0.2, 0) is 11.2 Å². The van der Waals surface area contributed by atoms with Gasteiger partial charge in [0, 0.05) is 35.8 Å². The Morgan fingerprint density at radius 1 is 1.21 bits per heavy atom. The van der Waals surface area contributed by atoms with Gasteiger partial charge in [-0.3, -0.25) is 9.59 Å². The Labute approximate surface area is 162 Å². The molecular weight excluding hydrogens is 352 g/mol. The minimum absolute atomic E-state index is 0.0295. The molecular formula is C22H22N4O2. The lowest BCUT2D eigenvalue weighted by molar-refractivity contribution is -0.117. The number of hydrogen-bond donors (Lipinski definition) is 3. The van der Waals surface area contributed by atoms with Crippen LogP contribution in [-0.4, -0.2) is 35.9 Å². The van der Waals surface area contributed by atoms with Crippen LogP contribution in [0.15, 0.2) is 48.7 Å². The van der Waals surface area contributed by atoms with Crippen molar-refractivity contribution in [2.24, 2.45) is 0 Å². The van der Waals surface area contributed by atoms with E-state index in [4.69, 9.17) is 0 Å². The van der Waals surface area contributed by atoms with Gasteiger partial charge in [-0.2, -0.15) is 0 Å². The van der Waals surface area contributed by atoms with Crippen molar-refractivity contribution in [3.05, 3.63) is 59.8 Å². The highest BCUT2D eigenvalue weighted by Crippen LogP contribution is 2.37. The number of carbonyl (C=O) groups is 2. The van der Waals surface area contributed by atoms with Crippen molar-refractivity contribution >= 4 is 34.1 Å². The van der Waals surface area contributed by atoms with E-state index in [1.54, 1.807) is 6.07 Å². The van der Waals surface area contributed by atoms with Crippen LogP contribution < -0.4 is 15.5 Å². The van der Waals surface area contributed by atoms with E-state index in [0.717, 1.165) is 42.7 Å². The maximum atomic E-state index is 12.6. The van der Waals surface area contributed by atoms with Crippen LogP contribution in [0.1, 0.15) is 28.8 Å². The number of rotatable bonds is 4. The summed E-state index contributed by atoms with van der Waals surface area (Å²) in [7, 11) is 0. The number of nitrogens with one attached hydrogen (secondary N) is 3. The van der Waals surface area contributed by atoms with E-state index < -0.39 is 0 Å². The maximum Gasteiger partial charge on any atom is 0.251 e. The third-order valence-electron chi connectivity index (χ3n) is 5.74. The van der Waals surface area contributed by atoms with Crippen molar-refractivity contribution in [2.45, 2.75) is 25.3 Å². The molecule has 2 amide bonds. The fourth-order valence-electron chi connectivity index (χ4n) is 4.32. The molecule has 1 atom stereocenters. The first-order valence-corrected chi connectivity index (χ1v) is 9.75. The smallest absolute Gasteiger partial charge is 0.251 e. The number of hydrogen-bond acceptors (Lipinski definition) is 3. The van der Waals surface area contributed by atoms with E-state index in [1.165, 1.54) is 10.9 Å². The maximum absolute atomic E-state index is 12.6. The number of aromatic amines is 1. The van der Waals surface area contributed by atoms with Gasteiger partial charge in [-0.25, -0.2) is 0 Å². The van der Waals surface area contributed by atoms with Crippen molar-refractivity contribution in [1.82, 2.24) is 10.3 Å². The standard InChI is InChI=1S/C22H22N4O2/c27-21(23-10-9-15-13-24-17-5-2-1-4-16(15)17)14-7-8-19-18(12-14)25-22(28)20-6-3-11-26(19)20/h1-2,4-5,7-8,12-13,20,24H,3,6,9-11H2,(H,23,27)(H,25,28). The highest BCUT2D eigenvalue weighted by Gasteiger charge is 2.36. The molecule has 1 fully saturated rings. The summed E-state index contributed by atoms with van der Waals surface area (Å²) in [4.78, 5) is 30.3. The molecule has 6 heteroatoms. The number of aromatic nitrogens is 1. The first kappa shape index (κ1) is 16.9. The van der Waals surface area contributed by atoms with Crippen molar-refractivity contribution in [3.63, 3.8) is 0 Å². The minimum Gasteiger partial charge on any atom is -0.361 e. The van der Waals surface area contributed by atoms with Crippen LogP contribution in [0, 0.1) is 0 Å². The topological polar surface area (TPSA) is 77.2 Å². The first-order chi connectivity index (χ1) is 13.7. The zero-order chi connectivity index (χ0) is 19.1. The molecule has 2 aliphatic heterocycles. The van der Waals surface area contributed by atoms with Gasteiger partial charge < -0.3 is 20.5 Å². The van der Waals surface area contributed by atoms with Gasteiger partial charge in [0.2, 0.25) is 5.91 Å². The van der Waals surface area contributed by atoms with Crippen LogP contribution >= 0.6 is 0 Å². The summed E-state index contributed by atoms with van der Waals surface area (Å²) >= 11 is 0.